The molecule has 2 aliphatic heterocycles. The molecule has 2 unspecified atom stereocenters. The topological polar surface area (TPSA) is 58.1 Å². The lowest BCUT2D eigenvalue weighted by molar-refractivity contribution is 0.0179. The van der Waals surface area contributed by atoms with E-state index < -0.39 is 0 Å². The van der Waals surface area contributed by atoms with Gasteiger partial charge in [-0.05, 0) is 37.5 Å². The fourth-order valence-electron chi connectivity index (χ4n) is 3.57. The molecule has 7 heteroatoms. The van der Waals surface area contributed by atoms with Crippen molar-refractivity contribution in [3.63, 3.8) is 0 Å². The summed E-state index contributed by atoms with van der Waals surface area (Å²) in [7, 11) is 0. The Balaban J connectivity index is 1.68. The average Bonchev–Trinajstić information content (AvgIpc) is 3.21. The highest BCUT2D eigenvalue weighted by Gasteiger charge is 2.23. The first-order valence-electron chi connectivity index (χ1n) is 9.97. The van der Waals surface area contributed by atoms with Crippen LogP contribution in [0.4, 0.5) is 0 Å². The third-order valence-electron chi connectivity index (χ3n) is 5.01. The van der Waals surface area contributed by atoms with E-state index in [9.17, 15) is 0 Å². The van der Waals surface area contributed by atoms with Gasteiger partial charge in [-0.25, -0.2) is 0 Å². The Morgan fingerprint density at radius 2 is 2.15 bits per heavy atom. The van der Waals surface area contributed by atoms with Gasteiger partial charge in [0.05, 0.1) is 31.9 Å². The zero-order valence-corrected chi connectivity index (χ0v) is 16.9. The standard InChI is InChI=1S/C20H31ClN4O2/c1-2-22-20(23-14-18-7-4-10-27-18)24-15-19(25-8-11-26-12-9-25)16-5-3-6-17(21)13-16/h3,5-6,13,18-19H,2,4,7-12,14-15H2,1H3,(H2,22,23,24). The lowest BCUT2D eigenvalue weighted by Crippen LogP contribution is -2.43. The molecule has 0 saturated carbocycles. The molecule has 27 heavy (non-hydrogen) atoms. The number of nitrogens with one attached hydrogen (secondary N) is 2. The first-order valence-corrected chi connectivity index (χ1v) is 10.3. The van der Waals surface area contributed by atoms with Crippen molar-refractivity contribution in [1.82, 2.24) is 15.5 Å². The molecule has 0 aromatic heterocycles. The Bertz CT molecular complexity index is 601. The van der Waals surface area contributed by atoms with Gasteiger partial charge in [0, 0.05) is 37.8 Å². The molecule has 0 aliphatic carbocycles. The maximum absolute atomic E-state index is 6.25. The fourth-order valence-corrected chi connectivity index (χ4v) is 3.77. The number of halogens is 1. The van der Waals surface area contributed by atoms with Gasteiger partial charge in [-0.2, -0.15) is 0 Å². The number of morpholine rings is 1. The molecule has 2 heterocycles. The quantitative estimate of drug-likeness (QED) is 0.549. The number of hydrogen-bond acceptors (Lipinski definition) is 4. The van der Waals surface area contributed by atoms with Gasteiger partial charge < -0.3 is 20.1 Å². The third kappa shape index (κ3) is 6.35. The molecule has 2 aliphatic rings. The van der Waals surface area contributed by atoms with Crippen LogP contribution in [0, 0.1) is 0 Å². The van der Waals surface area contributed by atoms with E-state index in [-0.39, 0.29) is 12.1 Å². The number of benzene rings is 1. The van der Waals surface area contributed by atoms with Crippen LogP contribution in [0.1, 0.15) is 31.4 Å². The maximum Gasteiger partial charge on any atom is 0.191 e. The molecule has 2 saturated heterocycles. The van der Waals surface area contributed by atoms with Gasteiger partial charge in [-0.1, -0.05) is 23.7 Å². The second-order valence-corrected chi connectivity index (χ2v) is 7.39. The Hall–Kier alpha value is -1.34. The van der Waals surface area contributed by atoms with Crippen LogP contribution in [0.25, 0.3) is 0 Å². The first kappa shape index (κ1) is 20.4. The third-order valence-corrected chi connectivity index (χ3v) is 5.24. The van der Waals surface area contributed by atoms with Crippen LogP contribution in [-0.2, 0) is 9.47 Å². The van der Waals surface area contributed by atoms with Crippen molar-refractivity contribution in [1.29, 1.82) is 0 Å². The number of ether oxygens (including phenoxy) is 2. The van der Waals surface area contributed by atoms with E-state index in [4.69, 9.17) is 26.1 Å². The molecular formula is C20H31ClN4O2. The summed E-state index contributed by atoms with van der Waals surface area (Å²) >= 11 is 6.25. The van der Waals surface area contributed by atoms with Crippen molar-refractivity contribution < 1.29 is 9.47 Å². The summed E-state index contributed by atoms with van der Waals surface area (Å²) in [6, 6.07) is 8.29. The van der Waals surface area contributed by atoms with Crippen LogP contribution in [0.5, 0.6) is 0 Å². The number of rotatable bonds is 7. The molecule has 0 bridgehead atoms. The van der Waals surface area contributed by atoms with E-state index in [2.05, 4.69) is 28.5 Å². The highest BCUT2D eigenvalue weighted by atomic mass is 35.5. The summed E-state index contributed by atoms with van der Waals surface area (Å²) in [6.45, 7) is 8.59. The second-order valence-electron chi connectivity index (χ2n) is 6.95. The average molecular weight is 395 g/mol. The van der Waals surface area contributed by atoms with Gasteiger partial charge >= 0.3 is 0 Å². The number of aliphatic imine (C=N–C) groups is 1. The highest BCUT2D eigenvalue weighted by Crippen LogP contribution is 2.24. The van der Waals surface area contributed by atoms with Gasteiger partial charge in [0.25, 0.3) is 0 Å². The molecule has 1 aromatic carbocycles. The van der Waals surface area contributed by atoms with Crippen LogP contribution in [0.15, 0.2) is 29.3 Å². The summed E-state index contributed by atoms with van der Waals surface area (Å²) in [5.41, 5.74) is 1.20. The lowest BCUT2D eigenvalue weighted by atomic mass is 10.0. The van der Waals surface area contributed by atoms with Gasteiger partial charge in [0.2, 0.25) is 0 Å². The minimum Gasteiger partial charge on any atom is -0.379 e. The van der Waals surface area contributed by atoms with Gasteiger partial charge in [-0.3, -0.25) is 9.89 Å². The molecule has 2 N–H and O–H groups in total. The van der Waals surface area contributed by atoms with Crippen molar-refractivity contribution >= 4 is 17.6 Å². The zero-order chi connectivity index (χ0) is 18.9. The minimum atomic E-state index is 0.186. The van der Waals surface area contributed by atoms with Crippen LogP contribution in [0.3, 0.4) is 0 Å². The summed E-state index contributed by atoms with van der Waals surface area (Å²) < 4.78 is 11.2. The Labute approximate surface area is 167 Å². The van der Waals surface area contributed by atoms with Gasteiger partial charge in [0.1, 0.15) is 0 Å². The van der Waals surface area contributed by atoms with Gasteiger partial charge in [-0.15, -0.1) is 0 Å². The van der Waals surface area contributed by atoms with Crippen LogP contribution < -0.4 is 10.6 Å². The predicted octanol–water partition coefficient (Wildman–Crippen LogP) is 2.45. The fraction of sp³-hybridized carbons (Fsp3) is 0.650. The SMILES string of the molecule is CCNC(=NCC(c1cccc(Cl)c1)N1CCOCC1)NCC1CCCO1. The Morgan fingerprint density at radius 3 is 2.85 bits per heavy atom. The summed E-state index contributed by atoms with van der Waals surface area (Å²) in [4.78, 5) is 7.30. The van der Waals surface area contributed by atoms with Crippen molar-refractivity contribution in [3.8, 4) is 0 Å². The molecule has 2 atom stereocenters. The van der Waals surface area contributed by atoms with Crippen LogP contribution in [-0.4, -0.2) is 69.5 Å². The molecule has 6 nitrogen and oxygen atoms in total. The molecule has 0 radical (unpaired) electrons. The van der Waals surface area contributed by atoms with Gasteiger partial charge in [0.15, 0.2) is 5.96 Å². The number of guanidine groups is 1. The predicted molar refractivity (Wildman–Crippen MR) is 110 cm³/mol. The molecule has 2 fully saturated rings. The van der Waals surface area contributed by atoms with E-state index in [1.807, 2.05) is 18.2 Å². The smallest absolute Gasteiger partial charge is 0.191 e. The van der Waals surface area contributed by atoms with E-state index in [1.165, 1.54) is 5.56 Å². The Morgan fingerprint density at radius 1 is 1.30 bits per heavy atom. The molecule has 0 spiro atoms. The summed E-state index contributed by atoms with van der Waals surface area (Å²) in [5, 5.41) is 7.53. The molecule has 150 valence electrons. The van der Waals surface area contributed by atoms with Crippen molar-refractivity contribution in [3.05, 3.63) is 34.9 Å². The summed E-state index contributed by atoms with van der Waals surface area (Å²) in [5.74, 6) is 0.841. The molecule has 1 aromatic rings. The molecule has 0 amide bonds. The van der Waals surface area contributed by atoms with E-state index in [0.717, 1.165) is 69.8 Å². The summed E-state index contributed by atoms with van der Waals surface area (Å²) in [6.07, 6.45) is 2.55. The first-order chi connectivity index (χ1) is 13.3. The number of hydrogen-bond donors (Lipinski definition) is 2. The zero-order valence-electron chi connectivity index (χ0n) is 16.1. The van der Waals surface area contributed by atoms with Crippen molar-refractivity contribution in [2.24, 2.45) is 4.99 Å². The molecular weight excluding hydrogens is 364 g/mol. The normalized spacial score (nSPS) is 22.6. The second kappa shape index (κ2) is 10.9. The monoisotopic (exact) mass is 394 g/mol. The Kier molecular flexibility index (Phi) is 8.20. The van der Waals surface area contributed by atoms with Crippen LogP contribution >= 0.6 is 11.6 Å². The molecule has 3 rings (SSSR count). The largest absolute Gasteiger partial charge is 0.379 e. The van der Waals surface area contributed by atoms with E-state index in [1.54, 1.807) is 0 Å². The maximum atomic E-state index is 6.25. The lowest BCUT2D eigenvalue weighted by Gasteiger charge is -2.34. The van der Waals surface area contributed by atoms with E-state index in [0.29, 0.717) is 6.54 Å². The van der Waals surface area contributed by atoms with E-state index >= 15 is 0 Å². The number of nitrogens with zero attached hydrogens (tertiary/aromatic N) is 2. The van der Waals surface area contributed by atoms with Crippen molar-refractivity contribution in [2.75, 3.05) is 52.5 Å². The van der Waals surface area contributed by atoms with Crippen molar-refractivity contribution in [2.45, 2.75) is 31.9 Å². The highest BCUT2D eigenvalue weighted by molar-refractivity contribution is 6.30. The van der Waals surface area contributed by atoms with Crippen LogP contribution in [0.2, 0.25) is 5.02 Å². The minimum absolute atomic E-state index is 0.186.